The first-order chi connectivity index (χ1) is 16.0. The molecule has 0 bridgehead atoms. The molecular weight excluding hydrogens is 422 g/mol. The Kier molecular flexibility index (Phi) is 7.39. The smallest absolute Gasteiger partial charge is 0.338 e. The highest BCUT2D eigenvalue weighted by Gasteiger charge is 2.24. The fraction of sp³-hybridized carbons (Fsp3) is 0.500. The molecule has 2 heterocycles. The Morgan fingerprint density at radius 1 is 1.21 bits per heavy atom. The van der Waals surface area contributed by atoms with E-state index in [1.54, 1.807) is 12.1 Å². The minimum atomic E-state index is -0.353. The first-order valence-corrected chi connectivity index (χ1v) is 11.4. The van der Waals surface area contributed by atoms with Gasteiger partial charge in [-0.1, -0.05) is 18.2 Å². The second-order valence-corrected chi connectivity index (χ2v) is 8.48. The summed E-state index contributed by atoms with van der Waals surface area (Å²) < 4.78 is 10.4. The van der Waals surface area contributed by atoms with E-state index >= 15 is 0 Å². The Morgan fingerprint density at radius 2 is 1.97 bits per heavy atom. The molecule has 0 atom stereocenters. The quantitative estimate of drug-likeness (QED) is 0.576. The number of carbonyl (C=O) groups is 2. The predicted octanol–water partition coefficient (Wildman–Crippen LogP) is 1.92. The van der Waals surface area contributed by atoms with Crippen LogP contribution in [0.1, 0.15) is 39.3 Å². The summed E-state index contributed by atoms with van der Waals surface area (Å²) in [5, 5.41) is 3.00. The van der Waals surface area contributed by atoms with Crippen molar-refractivity contribution in [2.45, 2.75) is 19.3 Å². The second-order valence-electron chi connectivity index (χ2n) is 8.48. The van der Waals surface area contributed by atoms with Crippen LogP contribution in [0, 0.1) is 5.92 Å². The molecule has 2 aliphatic rings. The maximum Gasteiger partial charge on any atom is 0.338 e. The van der Waals surface area contributed by atoms with Gasteiger partial charge in [-0.05, 0) is 36.8 Å². The van der Waals surface area contributed by atoms with E-state index in [1.165, 1.54) is 20.0 Å². The summed E-state index contributed by atoms with van der Waals surface area (Å²) in [6, 6.07) is 9.17. The predicted molar refractivity (Wildman–Crippen MR) is 125 cm³/mol. The highest BCUT2D eigenvalue weighted by Crippen LogP contribution is 2.27. The van der Waals surface area contributed by atoms with Gasteiger partial charge < -0.3 is 24.6 Å². The van der Waals surface area contributed by atoms with Crippen molar-refractivity contribution in [2.75, 3.05) is 63.4 Å². The van der Waals surface area contributed by atoms with E-state index in [1.807, 2.05) is 30.1 Å². The molecule has 176 valence electrons. The number of esters is 1. The minimum Gasteiger partial charge on any atom is -0.465 e. The van der Waals surface area contributed by atoms with Crippen LogP contribution in [0.4, 0.5) is 11.8 Å². The molecule has 2 fully saturated rings. The number of carbonyl (C=O) groups excluding carboxylic acids is 2. The first kappa shape index (κ1) is 23.0. The van der Waals surface area contributed by atoms with E-state index in [0.29, 0.717) is 55.8 Å². The summed E-state index contributed by atoms with van der Waals surface area (Å²) in [6.07, 6.45) is 2.95. The summed E-state index contributed by atoms with van der Waals surface area (Å²) in [5.41, 5.74) is 1.81. The van der Waals surface area contributed by atoms with Gasteiger partial charge in [0.25, 0.3) is 5.91 Å². The summed E-state index contributed by atoms with van der Waals surface area (Å²) in [6.45, 7) is 3.95. The average molecular weight is 454 g/mol. The number of benzene rings is 1. The fourth-order valence-electron chi connectivity index (χ4n) is 3.75. The number of likely N-dealkylation sites (N-methyl/N-ethyl adjacent to an activating group) is 1. The molecule has 33 heavy (non-hydrogen) atoms. The van der Waals surface area contributed by atoms with Gasteiger partial charge in [0.15, 0.2) is 0 Å². The van der Waals surface area contributed by atoms with Crippen molar-refractivity contribution in [3.8, 4) is 0 Å². The normalized spacial score (nSPS) is 15.8. The molecule has 0 unspecified atom stereocenters. The molecule has 1 N–H and O–H groups in total. The zero-order valence-corrected chi connectivity index (χ0v) is 19.2. The van der Waals surface area contributed by atoms with Crippen LogP contribution in [0.5, 0.6) is 0 Å². The van der Waals surface area contributed by atoms with Crippen LogP contribution in [-0.2, 0) is 15.9 Å². The Bertz CT molecular complexity index is 989. The van der Waals surface area contributed by atoms with Gasteiger partial charge in [0.2, 0.25) is 5.95 Å². The van der Waals surface area contributed by atoms with Crippen LogP contribution >= 0.6 is 0 Å². The lowest BCUT2D eigenvalue weighted by Gasteiger charge is -2.29. The Balaban J connectivity index is 1.52. The molecular formula is C24H31N5O4. The van der Waals surface area contributed by atoms with Gasteiger partial charge in [-0.2, -0.15) is 4.98 Å². The number of rotatable bonds is 9. The lowest BCUT2D eigenvalue weighted by molar-refractivity contribution is 0.0599. The molecule has 2 aromatic rings. The topological polar surface area (TPSA) is 96.9 Å². The zero-order chi connectivity index (χ0) is 23.2. The molecule has 4 rings (SSSR count). The standard InChI is InChI=1S/C24H31N5O4/c1-28(10-9-18-5-3-4-6-19(18)23(31)32-2)24-26-20(22(30)25-16-17-7-8-17)15-21(27-24)29-11-13-33-14-12-29/h3-6,15,17H,7-14,16H2,1-2H3,(H,25,30). The lowest BCUT2D eigenvalue weighted by atomic mass is 10.0. The van der Waals surface area contributed by atoms with Crippen LogP contribution < -0.4 is 15.1 Å². The summed E-state index contributed by atoms with van der Waals surface area (Å²) in [7, 11) is 3.27. The summed E-state index contributed by atoms with van der Waals surface area (Å²) >= 11 is 0. The van der Waals surface area contributed by atoms with Gasteiger partial charge in [-0.3, -0.25) is 4.79 Å². The third kappa shape index (κ3) is 5.98. The summed E-state index contributed by atoms with van der Waals surface area (Å²) in [4.78, 5) is 38.2. The van der Waals surface area contributed by atoms with E-state index < -0.39 is 0 Å². The van der Waals surface area contributed by atoms with E-state index in [9.17, 15) is 9.59 Å². The number of aromatic nitrogens is 2. The number of morpholine rings is 1. The van der Waals surface area contributed by atoms with Gasteiger partial charge in [0, 0.05) is 39.3 Å². The number of nitrogens with zero attached hydrogens (tertiary/aromatic N) is 4. The molecule has 1 aliphatic carbocycles. The van der Waals surface area contributed by atoms with Gasteiger partial charge in [-0.25, -0.2) is 9.78 Å². The van der Waals surface area contributed by atoms with Crippen molar-refractivity contribution in [1.82, 2.24) is 15.3 Å². The molecule has 9 nitrogen and oxygen atoms in total. The number of hydrogen-bond acceptors (Lipinski definition) is 8. The SMILES string of the molecule is COC(=O)c1ccccc1CCN(C)c1nc(C(=O)NCC2CC2)cc(N2CCOCC2)n1. The third-order valence-electron chi connectivity index (χ3n) is 6.00. The van der Waals surface area contributed by atoms with Crippen molar-refractivity contribution < 1.29 is 19.1 Å². The number of methoxy groups -OCH3 is 1. The Hall–Kier alpha value is -3.20. The van der Waals surface area contributed by atoms with E-state index in [-0.39, 0.29) is 11.9 Å². The number of anilines is 2. The van der Waals surface area contributed by atoms with Crippen molar-refractivity contribution in [2.24, 2.45) is 5.92 Å². The third-order valence-corrected chi connectivity index (χ3v) is 6.00. The van der Waals surface area contributed by atoms with Gasteiger partial charge in [-0.15, -0.1) is 0 Å². The molecule has 1 aliphatic heterocycles. The van der Waals surface area contributed by atoms with E-state index in [4.69, 9.17) is 14.5 Å². The summed E-state index contributed by atoms with van der Waals surface area (Å²) in [5.74, 6) is 1.26. The van der Waals surface area contributed by atoms with Gasteiger partial charge in [0.1, 0.15) is 11.5 Å². The molecule has 1 saturated carbocycles. The van der Waals surface area contributed by atoms with Crippen LogP contribution in [0.25, 0.3) is 0 Å². The largest absolute Gasteiger partial charge is 0.465 e. The minimum absolute atomic E-state index is 0.176. The number of amides is 1. The lowest BCUT2D eigenvalue weighted by Crippen LogP contribution is -2.37. The molecule has 0 spiro atoms. The molecule has 1 saturated heterocycles. The zero-order valence-electron chi connectivity index (χ0n) is 19.2. The van der Waals surface area contributed by atoms with Crippen molar-refractivity contribution in [1.29, 1.82) is 0 Å². The van der Waals surface area contributed by atoms with Gasteiger partial charge >= 0.3 is 5.97 Å². The van der Waals surface area contributed by atoms with E-state index in [0.717, 1.165) is 24.5 Å². The average Bonchev–Trinajstić information content (AvgIpc) is 3.70. The highest BCUT2D eigenvalue weighted by atomic mass is 16.5. The molecule has 1 amide bonds. The number of hydrogen-bond donors (Lipinski definition) is 1. The first-order valence-electron chi connectivity index (χ1n) is 11.4. The maximum absolute atomic E-state index is 12.8. The van der Waals surface area contributed by atoms with Crippen molar-refractivity contribution in [3.63, 3.8) is 0 Å². The van der Waals surface area contributed by atoms with Gasteiger partial charge in [0.05, 0.1) is 25.9 Å². The van der Waals surface area contributed by atoms with Crippen LogP contribution in [0.15, 0.2) is 30.3 Å². The number of nitrogens with one attached hydrogen (secondary N) is 1. The maximum atomic E-state index is 12.8. The monoisotopic (exact) mass is 453 g/mol. The van der Waals surface area contributed by atoms with Crippen LogP contribution in [-0.4, -0.2) is 75.4 Å². The Labute approximate surface area is 194 Å². The van der Waals surface area contributed by atoms with Crippen LogP contribution in [0.3, 0.4) is 0 Å². The van der Waals surface area contributed by atoms with E-state index in [2.05, 4.69) is 15.2 Å². The molecule has 1 aromatic carbocycles. The molecule has 9 heteroatoms. The van der Waals surface area contributed by atoms with Crippen molar-refractivity contribution in [3.05, 3.63) is 47.2 Å². The second kappa shape index (κ2) is 10.6. The molecule has 0 radical (unpaired) electrons. The molecule has 1 aromatic heterocycles. The van der Waals surface area contributed by atoms with Crippen LogP contribution in [0.2, 0.25) is 0 Å². The Morgan fingerprint density at radius 3 is 2.70 bits per heavy atom. The number of ether oxygens (including phenoxy) is 2. The van der Waals surface area contributed by atoms with Crippen molar-refractivity contribution >= 4 is 23.6 Å². The fourth-order valence-corrected chi connectivity index (χ4v) is 3.75. The highest BCUT2D eigenvalue weighted by molar-refractivity contribution is 5.93.